The van der Waals surface area contributed by atoms with Crippen LogP contribution >= 0.6 is 0 Å². The van der Waals surface area contributed by atoms with E-state index in [0.29, 0.717) is 43.2 Å². The molecule has 3 amide bonds. The van der Waals surface area contributed by atoms with Crippen LogP contribution in [0.4, 0.5) is 0 Å². The molecule has 0 unspecified atom stereocenters. The van der Waals surface area contributed by atoms with Gasteiger partial charge in [0.2, 0.25) is 0 Å². The molecule has 1 heterocycles. The second-order valence-corrected chi connectivity index (χ2v) is 8.65. The van der Waals surface area contributed by atoms with Crippen LogP contribution in [0.2, 0.25) is 0 Å². The van der Waals surface area contributed by atoms with Crippen LogP contribution in [-0.2, 0) is 14.3 Å². The fraction of sp³-hybridized carbons (Fsp3) is 0.385. The monoisotopic (exact) mass is 480 g/mol. The summed E-state index contributed by atoms with van der Waals surface area (Å²) in [7, 11) is 0. The Hall–Kier alpha value is -3.72. The molecular weight excluding hydrogens is 448 g/mol. The van der Waals surface area contributed by atoms with E-state index in [1.807, 2.05) is 32.9 Å². The fourth-order valence-corrected chi connectivity index (χ4v) is 3.44. The summed E-state index contributed by atoms with van der Waals surface area (Å²) in [5.74, 6) is -0.445. The molecule has 0 aromatic heterocycles. The van der Waals surface area contributed by atoms with Crippen molar-refractivity contribution in [2.24, 2.45) is 11.0 Å². The number of hydrogen-bond donors (Lipinski definition) is 2. The van der Waals surface area contributed by atoms with E-state index in [-0.39, 0.29) is 24.3 Å². The molecule has 1 aliphatic heterocycles. The molecule has 1 atom stereocenters. The molecule has 0 spiro atoms. The van der Waals surface area contributed by atoms with Gasteiger partial charge in [-0.3, -0.25) is 14.4 Å². The van der Waals surface area contributed by atoms with Crippen LogP contribution in [0.1, 0.15) is 35.3 Å². The molecule has 0 radical (unpaired) electrons. The molecule has 0 bridgehead atoms. The summed E-state index contributed by atoms with van der Waals surface area (Å²) in [6, 6.07) is 13.4. The second kappa shape index (κ2) is 12.7. The third-order valence-electron chi connectivity index (χ3n) is 5.52. The Balaban J connectivity index is 1.53. The lowest BCUT2D eigenvalue weighted by atomic mass is 10.0. The minimum atomic E-state index is -0.748. The smallest absolute Gasteiger partial charge is 0.262 e. The number of nitrogens with zero attached hydrogens (tertiary/aromatic N) is 2. The van der Waals surface area contributed by atoms with Crippen molar-refractivity contribution in [3.63, 3.8) is 0 Å². The first-order chi connectivity index (χ1) is 16.8. The second-order valence-electron chi connectivity index (χ2n) is 8.65. The van der Waals surface area contributed by atoms with E-state index in [9.17, 15) is 14.4 Å². The van der Waals surface area contributed by atoms with Gasteiger partial charge in [0, 0.05) is 18.7 Å². The molecule has 0 saturated carbocycles. The van der Waals surface area contributed by atoms with Gasteiger partial charge >= 0.3 is 0 Å². The highest BCUT2D eigenvalue weighted by Gasteiger charge is 2.24. The Kier molecular flexibility index (Phi) is 9.37. The number of hydrazone groups is 1. The van der Waals surface area contributed by atoms with E-state index in [2.05, 4.69) is 15.8 Å². The van der Waals surface area contributed by atoms with Gasteiger partial charge in [-0.25, -0.2) is 5.43 Å². The van der Waals surface area contributed by atoms with Gasteiger partial charge in [0.25, 0.3) is 17.7 Å². The molecule has 35 heavy (non-hydrogen) atoms. The van der Waals surface area contributed by atoms with Crippen molar-refractivity contribution in [1.29, 1.82) is 0 Å². The summed E-state index contributed by atoms with van der Waals surface area (Å²) >= 11 is 0. The van der Waals surface area contributed by atoms with Crippen LogP contribution in [-0.4, -0.2) is 67.8 Å². The minimum Gasteiger partial charge on any atom is -0.484 e. The number of benzene rings is 2. The first-order valence-electron chi connectivity index (χ1n) is 11.6. The van der Waals surface area contributed by atoms with Crippen LogP contribution in [0.5, 0.6) is 5.75 Å². The fourth-order valence-electron chi connectivity index (χ4n) is 3.44. The number of carbonyl (C=O) groups is 3. The number of carbonyl (C=O) groups excluding carboxylic acids is 3. The Morgan fingerprint density at radius 2 is 1.83 bits per heavy atom. The molecular formula is C26H32N4O5. The van der Waals surface area contributed by atoms with E-state index in [0.717, 1.165) is 5.56 Å². The average Bonchev–Trinajstić information content (AvgIpc) is 2.86. The molecule has 0 aliphatic carbocycles. The normalized spacial score (nSPS) is 14.6. The van der Waals surface area contributed by atoms with Crippen molar-refractivity contribution < 1.29 is 23.9 Å². The summed E-state index contributed by atoms with van der Waals surface area (Å²) in [4.78, 5) is 39.2. The number of rotatable bonds is 9. The number of aryl methyl sites for hydroxylation is 1. The van der Waals surface area contributed by atoms with Gasteiger partial charge in [-0.2, -0.15) is 5.10 Å². The van der Waals surface area contributed by atoms with Gasteiger partial charge in [-0.1, -0.05) is 43.7 Å². The molecule has 1 fully saturated rings. The number of amides is 3. The molecule has 2 aromatic rings. The van der Waals surface area contributed by atoms with Crippen molar-refractivity contribution in [3.05, 3.63) is 65.2 Å². The lowest BCUT2D eigenvalue weighted by molar-refractivity contribution is -0.137. The highest BCUT2D eigenvalue weighted by atomic mass is 16.5. The van der Waals surface area contributed by atoms with E-state index in [4.69, 9.17) is 9.47 Å². The number of ether oxygens (including phenoxy) is 2. The molecule has 186 valence electrons. The van der Waals surface area contributed by atoms with Gasteiger partial charge in [-0.15, -0.1) is 0 Å². The Morgan fingerprint density at radius 1 is 1.11 bits per heavy atom. The molecule has 2 N–H and O–H groups in total. The van der Waals surface area contributed by atoms with Gasteiger partial charge in [-0.05, 0) is 42.7 Å². The zero-order chi connectivity index (χ0) is 25.2. The van der Waals surface area contributed by atoms with Crippen LogP contribution in [0.15, 0.2) is 53.6 Å². The maximum atomic E-state index is 12.7. The predicted octanol–water partition coefficient (Wildman–Crippen LogP) is 2.14. The quantitative estimate of drug-likeness (QED) is 0.422. The lowest BCUT2D eigenvalue weighted by Gasteiger charge is -2.26. The zero-order valence-electron chi connectivity index (χ0n) is 20.3. The summed E-state index contributed by atoms with van der Waals surface area (Å²) in [5, 5.41) is 6.80. The van der Waals surface area contributed by atoms with Crippen molar-refractivity contribution >= 4 is 23.9 Å². The van der Waals surface area contributed by atoms with Crippen LogP contribution in [0.25, 0.3) is 0 Å². The zero-order valence-corrected chi connectivity index (χ0v) is 20.3. The van der Waals surface area contributed by atoms with Crippen molar-refractivity contribution in [2.75, 3.05) is 32.9 Å². The molecule has 2 aromatic carbocycles. The Bertz CT molecular complexity index is 1050. The average molecular weight is 481 g/mol. The third kappa shape index (κ3) is 7.92. The molecule has 3 rings (SSSR count). The number of morpholine rings is 1. The first kappa shape index (κ1) is 25.9. The molecule has 9 nitrogen and oxygen atoms in total. The van der Waals surface area contributed by atoms with Crippen LogP contribution in [0, 0.1) is 12.8 Å². The van der Waals surface area contributed by atoms with Crippen LogP contribution in [0.3, 0.4) is 0 Å². The van der Waals surface area contributed by atoms with Crippen molar-refractivity contribution in [3.8, 4) is 5.75 Å². The summed E-state index contributed by atoms with van der Waals surface area (Å²) < 4.78 is 10.9. The van der Waals surface area contributed by atoms with E-state index in [1.165, 1.54) is 6.21 Å². The molecule has 1 aliphatic rings. The van der Waals surface area contributed by atoms with E-state index < -0.39 is 11.9 Å². The molecule has 9 heteroatoms. The van der Waals surface area contributed by atoms with Gasteiger partial charge in [0.05, 0.1) is 19.4 Å². The van der Waals surface area contributed by atoms with Gasteiger partial charge < -0.3 is 19.7 Å². The lowest BCUT2D eigenvalue weighted by Crippen LogP contribution is -2.48. The summed E-state index contributed by atoms with van der Waals surface area (Å²) in [6.07, 6.45) is 1.48. The Labute approximate surface area is 205 Å². The summed E-state index contributed by atoms with van der Waals surface area (Å²) in [6.45, 7) is 7.79. The highest BCUT2D eigenvalue weighted by molar-refractivity contribution is 5.97. The minimum absolute atomic E-state index is 0.0614. The largest absolute Gasteiger partial charge is 0.484 e. The van der Waals surface area contributed by atoms with E-state index >= 15 is 0 Å². The SMILES string of the molecule is Cc1ccc(C(=O)N[C@H](C(=O)N/N=C/c2cccc(OCC(=O)N3CCOCC3)c2)C(C)C)cc1. The highest BCUT2D eigenvalue weighted by Crippen LogP contribution is 2.13. The summed E-state index contributed by atoms with van der Waals surface area (Å²) in [5.41, 5.74) is 4.72. The third-order valence-corrected chi connectivity index (χ3v) is 5.52. The number of hydrogen-bond acceptors (Lipinski definition) is 6. The van der Waals surface area contributed by atoms with Gasteiger partial charge in [0.15, 0.2) is 6.61 Å². The van der Waals surface area contributed by atoms with E-state index in [1.54, 1.807) is 41.3 Å². The van der Waals surface area contributed by atoms with Gasteiger partial charge in [0.1, 0.15) is 11.8 Å². The number of nitrogens with one attached hydrogen (secondary N) is 2. The van der Waals surface area contributed by atoms with Crippen molar-refractivity contribution in [1.82, 2.24) is 15.6 Å². The maximum Gasteiger partial charge on any atom is 0.262 e. The topological polar surface area (TPSA) is 109 Å². The van der Waals surface area contributed by atoms with Crippen LogP contribution < -0.4 is 15.5 Å². The maximum absolute atomic E-state index is 12.7. The molecule has 1 saturated heterocycles. The Morgan fingerprint density at radius 3 is 2.51 bits per heavy atom. The van der Waals surface area contributed by atoms with Crippen molar-refractivity contribution in [2.45, 2.75) is 26.8 Å². The predicted molar refractivity (Wildman–Crippen MR) is 132 cm³/mol. The first-order valence-corrected chi connectivity index (χ1v) is 11.6. The standard InChI is InChI=1S/C26H32N4O5/c1-18(2)24(28-25(32)21-9-7-19(3)8-10-21)26(33)29-27-16-20-5-4-6-22(15-20)35-17-23(31)30-11-13-34-14-12-30/h4-10,15-16,18,24H,11-14,17H2,1-3H3,(H,28,32)(H,29,33)/b27-16+/t24-/m0/s1.